The number of fused-ring (bicyclic) bond motifs is 5. The molecule has 0 aromatic rings. The lowest BCUT2D eigenvalue weighted by Gasteiger charge is -2.59. The van der Waals surface area contributed by atoms with Gasteiger partial charge in [0.25, 0.3) is 0 Å². The molecule has 0 spiro atoms. The minimum atomic E-state index is -1.65. The Bertz CT molecular complexity index is 823. The number of hydrogen-bond donors (Lipinski definition) is 0. The third kappa shape index (κ3) is 6.19. The van der Waals surface area contributed by atoms with Gasteiger partial charge in [0.1, 0.15) is 0 Å². The van der Waals surface area contributed by atoms with Gasteiger partial charge in [0.15, 0.2) is 25.0 Å². The minimum Gasteiger partial charge on any atom is -0.415 e. The van der Waals surface area contributed by atoms with Crippen LogP contribution < -0.4 is 0 Å². The normalized spacial score (nSPS) is 40.2. The molecule has 0 amide bonds. The van der Waals surface area contributed by atoms with Crippen molar-refractivity contribution in [1.29, 1.82) is 0 Å². The van der Waals surface area contributed by atoms with Gasteiger partial charge in [-0.05, 0) is 145 Å². The van der Waals surface area contributed by atoms with Gasteiger partial charge in [-0.1, -0.05) is 25.5 Å². The molecule has 4 aliphatic carbocycles. The van der Waals surface area contributed by atoms with Gasteiger partial charge >= 0.3 is 0 Å². The zero-order chi connectivity index (χ0) is 26.7. The fraction of sp³-hybridized carbons (Fsp3) is 0.933. The fourth-order valence-corrected chi connectivity index (χ4v) is 11.9. The van der Waals surface area contributed by atoms with Crippen LogP contribution in [0.4, 0.5) is 0 Å². The Morgan fingerprint density at radius 2 is 1.53 bits per heavy atom. The summed E-state index contributed by atoms with van der Waals surface area (Å²) in [5, 5.41) is 0. The van der Waals surface area contributed by atoms with Crippen LogP contribution in [-0.4, -0.2) is 43.8 Å². The molecular weight excluding hydrogens is 493 g/mol. The van der Waals surface area contributed by atoms with E-state index in [-0.39, 0.29) is 6.10 Å². The molecule has 0 unspecified atom stereocenters. The fourth-order valence-electron chi connectivity index (χ4n) is 8.90. The Hall–Kier alpha value is 0.271. The molecule has 0 aliphatic heterocycles. The first-order chi connectivity index (χ1) is 16.4. The largest absolute Gasteiger partial charge is 0.415 e. The average Bonchev–Trinajstić information content (AvgIpc) is 3.06. The van der Waals surface area contributed by atoms with E-state index in [1.165, 1.54) is 51.4 Å². The SMILES string of the molecule is C[C@]12CC[C@H]3[C@@H](CC=C4C[C@@H](O[Si](C)(C)C)CC[C@@]43C)[C@@H]1CC[C@@H]2[C@@H](CO[Si](C)(C)C)O[Si](C)(C)C. The summed E-state index contributed by atoms with van der Waals surface area (Å²) in [5.41, 5.74) is 2.55. The van der Waals surface area contributed by atoms with Gasteiger partial charge in [0, 0.05) is 6.10 Å². The first kappa shape index (κ1) is 29.3. The van der Waals surface area contributed by atoms with Gasteiger partial charge in [0.2, 0.25) is 0 Å². The van der Waals surface area contributed by atoms with Crippen LogP contribution in [-0.2, 0) is 13.3 Å². The van der Waals surface area contributed by atoms with E-state index in [1.54, 1.807) is 5.57 Å². The molecule has 3 saturated carbocycles. The van der Waals surface area contributed by atoms with Crippen molar-refractivity contribution in [2.45, 2.75) is 136 Å². The van der Waals surface area contributed by atoms with Gasteiger partial charge in [-0.15, -0.1) is 0 Å². The molecule has 3 fully saturated rings. The quantitative estimate of drug-likeness (QED) is 0.223. The van der Waals surface area contributed by atoms with Crippen molar-refractivity contribution in [2.75, 3.05) is 6.61 Å². The maximum Gasteiger partial charge on any atom is 0.184 e. The minimum absolute atomic E-state index is 0.273. The van der Waals surface area contributed by atoms with E-state index in [1.807, 2.05) is 0 Å². The van der Waals surface area contributed by atoms with E-state index >= 15 is 0 Å². The van der Waals surface area contributed by atoms with Gasteiger partial charge in [-0.2, -0.15) is 0 Å². The molecule has 0 N–H and O–H groups in total. The van der Waals surface area contributed by atoms with Crippen molar-refractivity contribution < 1.29 is 13.3 Å². The molecule has 0 aromatic carbocycles. The van der Waals surface area contributed by atoms with Crippen molar-refractivity contribution in [1.82, 2.24) is 0 Å². The Morgan fingerprint density at radius 1 is 0.833 bits per heavy atom. The molecule has 0 radical (unpaired) electrons. The predicted octanol–water partition coefficient (Wildman–Crippen LogP) is 8.86. The smallest absolute Gasteiger partial charge is 0.184 e. The maximum atomic E-state index is 6.94. The molecular formula is C30H58O3Si3. The van der Waals surface area contributed by atoms with Gasteiger partial charge in [0.05, 0.1) is 12.7 Å². The molecule has 4 aliphatic rings. The standard InChI is InChI=1S/C30H58O3Si3/c1-29-18-16-23(32-35(6,7)8)20-22(29)12-13-24-25-14-15-27(30(25,2)19-17-26(24)29)28(33-36(9,10)11)21-31-34(3,4)5/h12,23-28H,13-21H2,1-11H3/t23-,24-,25-,26-,27+,28+,29-,30-/m0/s1. The highest BCUT2D eigenvalue weighted by atomic mass is 28.4. The number of hydrogen-bond acceptors (Lipinski definition) is 3. The Morgan fingerprint density at radius 3 is 2.14 bits per heavy atom. The third-order valence-electron chi connectivity index (χ3n) is 10.3. The molecule has 208 valence electrons. The highest BCUT2D eigenvalue weighted by Crippen LogP contribution is 2.67. The maximum absolute atomic E-state index is 6.94. The summed E-state index contributed by atoms with van der Waals surface area (Å²) in [7, 11) is -4.71. The molecule has 36 heavy (non-hydrogen) atoms. The summed E-state index contributed by atoms with van der Waals surface area (Å²) in [6, 6.07) is 0. The summed E-state index contributed by atoms with van der Waals surface area (Å²) in [6.07, 6.45) is 14.0. The molecule has 0 saturated heterocycles. The van der Waals surface area contributed by atoms with Crippen molar-refractivity contribution in [3.8, 4) is 0 Å². The van der Waals surface area contributed by atoms with E-state index < -0.39 is 25.0 Å². The summed E-state index contributed by atoms with van der Waals surface area (Å²) in [4.78, 5) is 0. The van der Waals surface area contributed by atoms with Crippen LogP contribution in [0.15, 0.2) is 11.6 Å². The summed E-state index contributed by atoms with van der Waals surface area (Å²) < 4.78 is 20.1. The van der Waals surface area contributed by atoms with E-state index in [9.17, 15) is 0 Å². The average molecular weight is 551 g/mol. The van der Waals surface area contributed by atoms with Crippen molar-refractivity contribution in [3.05, 3.63) is 11.6 Å². The Kier molecular flexibility index (Phi) is 8.15. The Labute approximate surface area is 226 Å². The molecule has 0 aromatic heterocycles. The molecule has 0 bridgehead atoms. The van der Waals surface area contributed by atoms with Crippen LogP contribution in [0.2, 0.25) is 58.9 Å². The number of allylic oxidation sites excluding steroid dienone is 1. The molecule has 3 nitrogen and oxygen atoms in total. The lowest BCUT2D eigenvalue weighted by molar-refractivity contribution is -0.0726. The highest BCUT2D eigenvalue weighted by Gasteiger charge is 2.60. The van der Waals surface area contributed by atoms with E-state index in [2.05, 4.69) is 78.8 Å². The summed E-state index contributed by atoms with van der Waals surface area (Å²) in [6.45, 7) is 27.2. The van der Waals surface area contributed by atoms with Crippen LogP contribution in [0.1, 0.15) is 65.2 Å². The first-order valence-corrected chi connectivity index (χ1v) is 25.3. The third-order valence-corrected chi connectivity index (χ3v) is 13.4. The van der Waals surface area contributed by atoms with Crippen LogP contribution in [0, 0.1) is 34.5 Å². The second-order valence-electron chi connectivity index (χ2n) is 16.3. The second kappa shape index (κ2) is 10.0. The summed E-state index contributed by atoms with van der Waals surface area (Å²) in [5.74, 6) is 3.19. The van der Waals surface area contributed by atoms with Crippen molar-refractivity contribution in [3.63, 3.8) is 0 Å². The molecule has 6 heteroatoms. The first-order valence-electron chi connectivity index (χ1n) is 15.1. The van der Waals surface area contributed by atoms with Crippen LogP contribution >= 0.6 is 0 Å². The van der Waals surface area contributed by atoms with E-state index in [4.69, 9.17) is 13.3 Å². The predicted molar refractivity (Wildman–Crippen MR) is 161 cm³/mol. The van der Waals surface area contributed by atoms with Gasteiger partial charge in [-0.25, -0.2) is 0 Å². The van der Waals surface area contributed by atoms with Crippen LogP contribution in [0.25, 0.3) is 0 Å². The monoisotopic (exact) mass is 550 g/mol. The number of rotatable bonds is 8. The Balaban J connectivity index is 1.53. The lowest BCUT2D eigenvalue weighted by atomic mass is 9.47. The lowest BCUT2D eigenvalue weighted by Crippen LogP contribution is -2.53. The zero-order valence-corrected chi connectivity index (χ0v) is 28.6. The molecule has 0 heterocycles. The zero-order valence-electron chi connectivity index (χ0n) is 25.6. The van der Waals surface area contributed by atoms with Gasteiger partial charge < -0.3 is 13.3 Å². The second-order valence-corrected chi connectivity index (χ2v) is 29.7. The van der Waals surface area contributed by atoms with Gasteiger partial charge in [-0.3, -0.25) is 0 Å². The molecule has 4 rings (SSSR count). The van der Waals surface area contributed by atoms with Crippen LogP contribution in [0.5, 0.6) is 0 Å². The summed E-state index contributed by atoms with van der Waals surface area (Å²) >= 11 is 0. The van der Waals surface area contributed by atoms with Crippen molar-refractivity contribution in [2.24, 2.45) is 34.5 Å². The van der Waals surface area contributed by atoms with E-state index in [0.717, 1.165) is 24.4 Å². The highest BCUT2D eigenvalue weighted by molar-refractivity contribution is 6.70. The topological polar surface area (TPSA) is 27.7 Å². The van der Waals surface area contributed by atoms with Crippen molar-refractivity contribution >= 4 is 25.0 Å². The van der Waals surface area contributed by atoms with E-state index in [0.29, 0.717) is 22.9 Å². The molecule has 8 atom stereocenters. The van der Waals surface area contributed by atoms with Crippen LogP contribution in [0.3, 0.4) is 0 Å².